The Labute approximate surface area is 199 Å². The third-order valence-electron chi connectivity index (χ3n) is 6.12. The lowest BCUT2D eigenvalue weighted by atomic mass is 10.1. The third kappa shape index (κ3) is 4.28. The number of fused-ring (bicyclic) bond motifs is 1. The van der Waals surface area contributed by atoms with Gasteiger partial charge in [0.05, 0.1) is 24.9 Å². The van der Waals surface area contributed by atoms with Gasteiger partial charge in [0.25, 0.3) is 0 Å². The lowest BCUT2D eigenvalue weighted by Crippen LogP contribution is -2.28. The van der Waals surface area contributed by atoms with Gasteiger partial charge in [0.15, 0.2) is 11.3 Å². The topological polar surface area (TPSA) is 130 Å². The van der Waals surface area contributed by atoms with Crippen LogP contribution in [0.5, 0.6) is 0 Å². The van der Waals surface area contributed by atoms with Crippen LogP contribution in [0.2, 0.25) is 0 Å². The van der Waals surface area contributed by atoms with Crippen LogP contribution in [0.4, 0.5) is 5.82 Å². The van der Waals surface area contributed by atoms with E-state index in [9.17, 15) is 4.79 Å². The molecule has 176 valence electrons. The largest absolute Gasteiger partial charge is 0.380 e. The number of aromatic amines is 2. The molecule has 1 saturated heterocycles. The number of benzene rings is 2. The number of rotatable bonds is 5. The van der Waals surface area contributed by atoms with Crippen molar-refractivity contribution in [1.29, 1.82) is 0 Å². The second-order valence-electron chi connectivity index (χ2n) is 8.45. The Morgan fingerprint density at radius 3 is 2.89 bits per heavy atom. The van der Waals surface area contributed by atoms with Gasteiger partial charge in [-0.1, -0.05) is 35.5 Å². The van der Waals surface area contributed by atoms with Crippen molar-refractivity contribution in [3.05, 3.63) is 70.5 Å². The number of para-hydroxylation sites is 1. The number of pyridine rings is 1. The van der Waals surface area contributed by atoms with Gasteiger partial charge in [0, 0.05) is 42.3 Å². The minimum absolute atomic E-state index is 0.0214. The van der Waals surface area contributed by atoms with Crippen molar-refractivity contribution in [2.24, 2.45) is 0 Å². The molecule has 0 atom stereocenters. The summed E-state index contributed by atoms with van der Waals surface area (Å²) in [5.74, 6) is 1.41. The zero-order chi connectivity index (χ0) is 23.6. The molecule has 2 aromatic carbocycles. The Morgan fingerprint density at radius 2 is 1.97 bits per heavy atom. The highest BCUT2D eigenvalue weighted by molar-refractivity contribution is 5.93. The molecule has 2 N–H and O–H groups in total. The van der Waals surface area contributed by atoms with Crippen LogP contribution >= 0.6 is 0 Å². The molecule has 35 heavy (non-hydrogen) atoms. The first-order chi connectivity index (χ1) is 17.2. The second kappa shape index (κ2) is 9.11. The number of ether oxygens (including phenoxy) is 1. The maximum absolute atomic E-state index is 13.0. The molecule has 0 unspecified atom stereocenters. The number of hydrogen-bond donors (Lipinski definition) is 2. The molecule has 0 aliphatic carbocycles. The van der Waals surface area contributed by atoms with Crippen LogP contribution in [-0.2, 0) is 11.3 Å². The van der Waals surface area contributed by atoms with Gasteiger partial charge < -0.3 is 14.6 Å². The van der Waals surface area contributed by atoms with Crippen LogP contribution in [0.15, 0.2) is 59.5 Å². The summed E-state index contributed by atoms with van der Waals surface area (Å²) in [6.45, 7) is 3.49. The molecule has 0 spiro atoms. The number of aromatic nitrogens is 8. The normalized spacial score (nSPS) is 14.3. The summed E-state index contributed by atoms with van der Waals surface area (Å²) in [7, 11) is 0. The Kier molecular flexibility index (Phi) is 5.51. The first-order valence-electron chi connectivity index (χ1n) is 11.5. The van der Waals surface area contributed by atoms with Crippen molar-refractivity contribution in [2.45, 2.75) is 13.0 Å². The molecule has 11 nitrogen and oxygen atoms in total. The van der Waals surface area contributed by atoms with Gasteiger partial charge in [-0.25, -0.2) is 9.78 Å². The van der Waals surface area contributed by atoms with Gasteiger partial charge in [-0.15, -0.1) is 10.2 Å². The van der Waals surface area contributed by atoms with Crippen LogP contribution in [0, 0.1) is 0 Å². The first-order valence-corrected chi connectivity index (χ1v) is 11.5. The second-order valence-corrected chi connectivity index (χ2v) is 8.45. The summed E-state index contributed by atoms with van der Waals surface area (Å²) in [6, 6.07) is 15.3. The molecule has 1 aliphatic heterocycles. The molecular weight excluding hydrogens is 446 g/mol. The minimum Gasteiger partial charge on any atom is -0.380 e. The van der Waals surface area contributed by atoms with E-state index in [0.29, 0.717) is 30.1 Å². The van der Waals surface area contributed by atoms with Crippen LogP contribution in [0.3, 0.4) is 0 Å². The molecule has 11 heteroatoms. The van der Waals surface area contributed by atoms with Crippen molar-refractivity contribution in [3.63, 3.8) is 0 Å². The molecule has 5 aromatic rings. The summed E-state index contributed by atoms with van der Waals surface area (Å²) in [5, 5.41) is 23.4. The molecule has 3 aromatic heterocycles. The van der Waals surface area contributed by atoms with Gasteiger partial charge in [-0.2, -0.15) is 0 Å². The van der Waals surface area contributed by atoms with Crippen LogP contribution in [-0.4, -0.2) is 66.9 Å². The number of nitrogens with zero attached hydrogens (tertiary/aromatic N) is 7. The summed E-state index contributed by atoms with van der Waals surface area (Å²) in [4.78, 5) is 18.6. The first kappa shape index (κ1) is 21.2. The van der Waals surface area contributed by atoms with E-state index in [1.54, 1.807) is 10.7 Å². The molecule has 0 amide bonds. The third-order valence-corrected chi connectivity index (χ3v) is 6.12. The maximum Gasteiger partial charge on any atom is 0.191 e. The van der Waals surface area contributed by atoms with E-state index < -0.39 is 0 Å². The molecular formula is C24H23N9O2. The van der Waals surface area contributed by atoms with E-state index in [1.807, 2.05) is 48.7 Å². The molecule has 6 rings (SSSR count). The highest BCUT2D eigenvalue weighted by atomic mass is 16.5. The number of hydrogen-bond acceptors (Lipinski definition) is 8. The van der Waals surface area contributed by atoms with Crippen molar-refractivity contribution < 1.29 is 4.74 Å². The lowest BCUT2D eigenvalue weighted by Gasteiger charge is -2.22. The van der Waals surface area contributed by atoms with Gasteiger partial charge in [-0.05, 0) is 34.5 Å². The number of tetrazole rings is 1. The zero-order valence-corrected chi connectivity index (χ0v) is 18.9. The Morgan fingerprint density at radius 1 is 1.03 bits per heavy atom. The fourth-order valence-electron chi connectivity index (χ4n) is 4.41. The minimum atomic E-state index is -0.0214. The van der Waals surface area contributed by atoms with E-state index in [4.69, 9.17) is 4.74 Å². The van der Waals surface area contributed by atoms with Crippen LogP contribution in [0.25, 0.3) is 33.5 Å². The van der Waals surface area contributed by atoms with E-state index in [2.05, 4.69) is 40.8 Å². The monoisotopic (exact) mass is 469 g/mol. The molecule has 0 saturated carbocycles. The van der Waals surface area contributed by atoms with Crippen molar-refractivity contribution in [2.75, 3.05) is 31.2 Å². The van der Waals surface area contributed by atoms with Crippen LogP contribution in [0.1, 0.15) is 12.0 Å². The molecule has 0 bridgehead atoms. The standard InChI is InChI=1S/C24H23N9O2/c34-21-13-22(32-8-3-10-35-11-9-32)25-23-18(6-2-7-19(21)23)20-15-33(31-26-20)14-16-4-1-5-17(12-16)24-27-29-30-28-24/h1-2,4-7,12-13,15H,3,8-11,14H2,(H,25,34)(H,27,28,29,30). The number of anilines is 1. The van der Waals surface area contributed by atoms with Crippen molar-refractivity contribution >= 4 is 16.7 Å². The smallest absolute Gasteiger partial charge is 0.191 e. The highest BCUT2D eigenvalue weighted by Crippen LogP contribution is 2.26. The molecule has 1 fully saturated rings. The van der Waals surface area contributed by atoms with Crippen molar-refractivity contribution in [3.8, 4) is 22.6 Å². The highest BCUT2D eigenvalue weighted by Gasteiger charge is 2.16. The van der Waals surface area contributed by atoms with E-state index >= 15 is 0 Å². The summed E-state index contributed by atoms with van der Waals surface area (Å²) < 4.78 is 7.35. The molecule has 0 radical (unpaired) electrons. The van der Waals surface area contributed by atoms with Gasteiger partial charge >= 0.3 is 0 Å². The fraction of sp³-hybridized carbons (Fsp3) is 0.250. The average molecular weight is 470 g/mol. The van der Waals surface area contributed by atoms with E-state index in [0.717, 1.165) is 54.1 Å². The maximum atomic E-state index is 13.0. The van der Waals surface area contributed by atoms with E-state index in [1.165, 1.54) is 0 Å². The summed E-state index contributed by atoms with van der Waals surface area (Å²) >= 11 is 0. The quantitative estimate of drug-likeness (QED) is 0.401. The van der Waals surface area contributed by atoms with Gasteiger partial charge in [0.2, 0.25) is 0 Å². The lowest BCUT2D eigenvalue weighted by molar-refractivity contribution is 0.152. The fourth-order valence-corrected chi connectivity index (χ4v) is 4.41. The van der Waals surface area contributed by atoms with Crippen LogP contribution < -0.4 is 10.3 Å². The predicted molar refractivity (Wildman–Crippen MR) is 130 cm³/mol. The Hall–Kier alpha value is -4.38. The SMILES string of the molecule is O=c1cc(N2CCCOCC2)[nH]c2c(-c3cn(Cc4cccc(-c5nnn[nH]5)c4)nn3)cccc12. The average Bonchev–Trinajstić information content (AvgIpc) is 3.51. The van der Waals surface area contributed by atoms with E-state index in [-0.39, 0.29) is 5.43 Å². The summed E-state index contributed by atoms with van der Waals surface area (Å²) in [5.41, 5.74) is 4.19. The van der Waals surface area contributed by atoms with Gasteiger partial charge in [0.1, 0.15) is 11.5 Å². The summed E-state index contributed by atoms with van der Waals surface area (Å²) in [6.07, 6.45) is 2.81. The Balaban J connectivity index is 1.33. The molecule has 4 heterocycles. The number of H-pyrrole nitrogens is 2. The number of nitrogens with one attached hydrogen (secondary N) is 2. The predicted octanol–water partition coefficient (Wildman–Crippen LogP) is 2.24. The van der Waals surface area contributed by atoms with Gasteiger partial charge in [-0.3, -0.25) is 4.79 Å². The zero-order valence-electron chi connectivity index (χ0n) is 18.9. The Bertz CT molecular complexity index is 1520. The van der Waals surface area contributed by atoms with Crippen molar-refractivity contribution in [1.82, 2.24) is 40.6 Å². The molecule has 1 aliphatic rings.